The summed E-state index contributed by atoms with van der Waals surface area (Å²) in [5.74, 6) is 0.799. The summed E-state index contributed by atoms with van der Waals surface area (Å²) in [6, 6.07) is 8.61. The number of hydrogen-bond donors (Lipinski definition) is 0. The molecule has 0 radical (unpaired) electrons. The van der Waals surface area contributed by atoms with Crippen LogP contribution in [0.2, 0.25) is 0 Å². The quantitative estimate of drug-likeness (QED) is 0.741. The predicted molar refractivity (Wildman–Crippen MR) is 69.5 cm³/mol. The number of rotatable bonds is 4. The molecule has 0 N–H and O–H groups in total. The van der Waals surface area contributed by atoms with E-state index in [0.717, 1.165) is 5.92 Å². The third-order valence-corrected chi connectivity index (χ3v) is 3.00. The first kappa shape index (κ1) is 11.1. The highest BCUT2D eigenvalue weighted by atomic mass is 14.6. The van der Waals surface area contributed by atoms with Gasteiger partial charge in [0.2, 0.25) is 0 Å². The monoisotopic (exact) mass is 213 g/mol. The number of aryl methyl sites for hydroxylation is 1. The van der Waals surface area contributed by atoms with Crippen LogP contribution in [0.15, 0.2) is 36.7 Å². The maximum atomic E-state index is 4.22. The van der Waals surface area contributed by atoms with Gasteiger partial charge in [0.25, 0.3) is 0 Å². The molecule has 0 aliphatic carbocycles. The van der Waals surface area contributed by atoms with Gasteiger partial charge < -0.3 is 0 Å². The van der Waals surface area contributed by atoms with Crippen molar-refractivity contribution < 1.29 is 0 Å². The van der Waals surface area contributed by atoms with E-state index in [2.05, 4.69) is 43.1 Å². The summed E-state index contributed by atoms with van der Waals surface area (Å²) in [6.07, 6.45) is 7.59. The van der Waals surface area contributed by atoms with Crippen molar-refractivity contribution in [2.45, 2.75) is 33.1 Å². The fraction of sp³-hybridized carbons (Fsp3) is 0.400. The topological polar surface area (TPSA) is 12.9 Å². The maximum absolute atomic E-state index is 4.22. The highest BCUT2D eigenvalue weighted by Crippen LogP contribution is 2.19. The van der Waals surface area contributed by atoms with Gasteiger partial charge in [-0.15, -0.1) is 0 Å². The van der Waals surface area contributed by atoms with Crippen LogP contribution in [0.5, 0.6) is 0 Å². The Bertz CT molecular complexity index is 454. The van der Waals surface area contributed by atoms with Crippen LogP contribution in [0.1, 0.15) is 32.3 Å². The molecule has 0 bridgehead atoms. The number of fused-ring (bicyclic) bond motifs is 1. The van der Waals surface area contributed by atoms with E-state index in [9.17, 15) is 0 Å². The Morgan fingerprint density at radius 1 is 1.19 bits per heavy atom. The molecule has 0 atom stereocenters. The number of nitrogens with zero attached hydrogens (tertiary/aromatic N) is 1. The van der Waals surface area contributed by atoms with Crippen LogP contribution >= 0.6 is 0 Å². The van der Waals surface area contributed by atoms with Crippen molar-refractivity contribution in [3.05, 3.63) is 42.2 Å². The van der Waals surface area contributed by atoms with Gasteiger partial charge in [0, 0.05) is 17.8 Å². The summed E-state index contributed by atoms with van der Waals surface area (Å²) in [4.78, 5) is 4.22. The van der Waals surface area contributed by atoms with E-state index in [4.69, 9.17) is 0 Å². The number of pyridine rings is 1. The second-order valence-corrected chi connectivity index (χ2v) is 4.80. The molecule has 1 heterocycles. The van der Waals surface area contributed by atoms with Crippen LogP contribution in [-0.4, -0.2) is 4.98 Å². The van der Waals surface area contributed by atoms with E-state index < -0.39 is 0 Å². The summed E-state index contributed by atoms with van der Waals surface area (Å²) < 4.78 is 0. The molecule has 0 spiro atoms. The fourth-order valence-corrected chi connectivity index (χ4v) is 2.10. The minimum absolute atomic E-state index is 0.799. The largest absolute Gasteiger partial charge is 0.264 e. The minimum Gasteiger partial charge on any atom is -0.264 e. The average Bonchev–Trinajstić information content (AvgIpc) is 2.29. The van der Waals surface area contributed by atoms with Crippen LogP contribution in [0, 0.1) is 5.92 Å². The van der Waals surface area contributed by atoms with E-state index in [0.29, 0.717) is 0 Å². The van der Waals surface area contributed by atoms with Gasteiger partial charge in [-0.3, -0.25) is 4.98 Å². The number of hydrogen-bond acceptors (Lipinski definition) is 1. The van der Waals surface area contributed by atoms with Gasteiger partial charge in [-0.2, -0.15) is 0 Å². The zero-order chi connectivity index (χ0) is 11.4. The molecule has 0 unspecified atom stereocenters. The molecule has 0 saturated carbocycles. The van der Waals surface area contributed by atoms with Gasteiger partial charge in [0.05, 0.1) is 0 Å². The standard InChI is InChI=1S/C15H19N/c1-12(2)5-3-6-13-7-4-8-14-9-10-16-11-15(13)14/h4,7-12H,3,5-6H2,1-2H3. The first-order chi connectivity index (χ1) is 7.77. The third kappa shape index (κ3) is 2.60. The Kier molecular flexibility index (Phi) is 3.55. The van der Waals surface area contributed by atoms with E-state index in [1.165, 1.54) is 35.6 Å². The van der Waals surface area contributed by atoms with Crippen molar-refractivity contribution in [2.24, 2.45) is 5.92 Å². The number of aromatic nitrogens is 1. The Morgan fingerprint density at radius 3 is 2.88 bits per heavy atom. The second-order valence-electron chi connectivity index (χ2n) is 4.80. The lowest BCUT2D eigenvalue weighted by Crippen LogP contribution is -1.92. The molecule has 0 aliphatic rings. The molecular formula is C15H19N. The lowest BCUT2D eigenvalue weighted by Gasteiger charge is -2.07. The minimum atomic E-state index is 0.799. The first-order valence-corrected chi connectivity index (χ1v) is 6.09. The molecule has 0 fully saturated rings. The van der Waals surface area contributed by atoms with Gasteiger partial charge in [0.15, 0.2) is 0 Å². The van der Waals surface area contributed by atoms with Crippen molar-refractivity contribution >= 4 is 10.8 Å². The van der Waals surface area contributed by atoms with Gasteiger partial charge >= 0.3 is 0 Å². The van der Waals surface area contributed by atoms with Crippen molar-refractivity contribution in [1.29, 1.82) is 0 Å². The lowest BCUT2D eigenvalue weighted by atomic mass is 9.99. The molecule has 1 aromatic heterocycles. The Labute approximate surface area is 97.5 Å². The molecule has 2 aromatic rings. The molecule has 1 aromatic carbocycles. The number of benzene rings is 1. The molecule has 1 heteroatoms. The molecule has 0 saturated heterocycles. The summed E-state index contributed by atoms with van der Waals surface area (Å²) in [7, 11) is 0. The van der Waals surface area contributed by atoms with Gasteiger partial charge in [-0.1, -0.05) is 38.5 Å². The van der Waals surface area contributed by atoms with Crippen LogP contribution in [0.3, 0.4) is 0 Å². The van der Waals surface area contributed by atoms with E-state index in [-0.39, 0.29) is 0 Å². The Balaban J connectivity index is 2.17. The Hall–Kier alpha value is -1.37. The van der Waals surface area contributed by atoms with Crippen molar-refractivity contribution in [1.82, 2.24) is 4.98 Å². The summed E-state index contributed by atoms with van der Waals surface area (Å²) in [5, 5.41) is 2.62. The highest BCUT2D eigenvalue weighted by molar-refractivity contribution is 5.84. The molecule has 1 nitrogen and oxygen atoms in total. The summed E-state index contributed by atoms with van der Waals surface area (Å²) in [6.45, 7) is 4.56. The fourth-order valence-electron chi connectivity index (χ4n) is 2.10. The predicted octanol–water partition coefficient (Wildman–Crippen LogP) is 4.21. The summed E-state index contributed by atoms with van der Waals surface area (Å²) in [5.41, 5.74) is 1.44. The molecule has 84 valence electrons. The smallest absolute Gasteiger partial charge is 0.0349 e. The van der Waals surface area contributed by atoms with Crippen LogP contribution < -0.4 is 0 Å². The third-order valence-electron chi connectivity index (χ3n) is 3.00. The molecule has 0 aliphatic heterocycles. The lowest BCUT2D eigenvalue weighted by molar-refractivity contribution is 0.556. The van der Waals surface area contributed by atoms with Crippen molar-refractivity contribution in [2.75, 3.05) is 0 Å². The van der Waals surface area contributed by atoms with Crippen molar-refractivity contribution in [3.63, 3.8) is 0 Å². The van der Waals surface area contributed by atoms with Crippen LogP contribution in [0.25, 0.3) is 10.8 Å². The maximum Gasteiger partial charge on any atom is 0.0349 e. The summed E-state index contributed by atoms with van der Waals surface area (Å²) >= 11 is 0. The van der Waals surface area contributed by atoms with Gasteiger partial charge in [-0.05, 0) is 35.8 Å². The molecule has 2 rings (SSSR count). The SMILES string of the molecule is CC(C)CCCc1cccc2ccncc12. The first-order valence-electron chi connectivity index (χ1n) is 6.09. The molecule has 0 amide bonds. The zero-order valence-electron chi connectivity index (χ0n) is 10.1. The van der Waals surface area contributed by atoms with Crippen molar-refractivity contribution in [3.8, 4) is 0 Å². The van der Waals surface area contributed by atoms with Gasteiger partial charge in [-0.25, -0.2) is 0 Å². The Morgan fingerprint density at radius 2 is 2.06 bits per heavy atom. The highest BCUT2D eigenvalue weighted by Gasteiger charge is 2.01. The molecule has 16 heavy (non-hydrogen) atoms. The zero-order valence-corrected chi connectivity index (χ0v) is 10.1. The van der Waals surface area contributed by atoms with Gasteiger partial charge in [0.1, 0.15) is 0 Å². The second kappa shape index (κ2) is 5.11. The van der Waals surface area contributed by atoms with E-state index >= 15 is 0 Å². The van der Waals surface area contributed by atoms with E-state index in [1.807, 2.05) is 12.4 Å². The van der Waals surface area contributed by atoms with E-state index in [1.54, 1.807) is 0 Å². The normalized spacial score (nSPS) is 11.2. The average molecular weight is 213 g/mol. The van der Waals surface area contributed by atoms with Crippen LogP contribution in [0.4, 0.5) is 0 Å². The van der Waals surface area contributed by atoms with Crippen LogP contribution in [-0.2, 0) is 6.42 Å². The molecular weight excluding hydrogens is 194 g/mol.